The van der Waals surface area contributed by atoms with Crippen LogP contribution in [-0.4, -0.2) is 24.8 Å². The summed E-state index contributed by atoms with van der Waals surface area (Å²) < 4.78 is 6.24. The highest BCUT2D eigenvalue weighted by atomic mass is 16.5. The average Bonchev–Trinajstić information content (AvgIpc) is 2.86. The van der Waals surface area contributed by atoms with Gasteiger partial charge in [-0.2, -0.15) is 0 Å². The monoisotopic (exact) mass is 267 g/mol. The predicted molar refractivity (Wildman–Crippen MR) is 81.4 cm³/mol. The van der Waals surface area contributed by atoms with E-state index < -0.39 is 0 Å². The minimum atomic E-state index is 0.121. The first-order valence-electron chi connectivity index (χ1n) is 8.29. The van der Waals surface area contributed by atoms with Crippen molar-refractivity contribution < 1.29 is 4.74 Å². The fraction of sp³-hybridized carbons (Fsp3) is 1.00. The summed E-state index contributed by atoms with van der Waals surface area (Å²) in [5.41, 5.74) is 0.649. The van der Waals surface area contributed by atoms with E-state index in [0.29, 0.717) is 11.5 Å². The van der Waals surface area contributed by atoms with Gasteiger partial charge in [0.25, 0.3) is 0 Å². The van der Waals surface area contributed by atoms with Crippen LogP contribution in [0.25, 0.3) is 0 Å². The third-order valence-corrected chi connectivity index (χ3v) is 4.93. The molecule has 2 fully saturated rings. The highest BCUT2D eigenvalue weighted by Gasteiger charge is 2.40. The summed E-state index contributed by atoms with van der Waals surface area (Å²) in [6, 6.07) is 0. The summed E-state index contributed by atoms with van der Waals surface area (Å²) in [6.45, 7) is 11.4. The molecule has 0 amide bonds. The second kappa shape index (κ2) is 6.13. The van der Waals surface area contributed by atoms with Gasteiger partial charge in [-0.15, -0.1) is 0 Å². The van der Waals surface area contributed by atoms with Gasteiger partial charge in [0.2, 0.25) is 0 Å². The molecule has 2 nitrogen and oxygen atoms in total. The molecule has 0 radical (unpaired) electrons. The van der Waals surface area contributed by atoms with Crippen molar-refractivity contribution in [2.75, 3.05) is 13.1 Å². The first-order chi connectivity index (χ1) is 8.91. The first-order valence-corrected chi connectivity index (χ1v) is 8.29. The minimum Gasteiger partial charge on any atom is -0.372 e. The number of hydrogen-bond acceptors (Lipinski definition) is 2. The van der Waals surface area contributed by atoms with Gasteiger partial charge in [0.15, 0.2) is 0 Å². The Morgan fingerprint density at radius 2 is 1.84 bits per heavy atom. The maximum atomic E-state index is 6.24. The van der Waals surface area contributed by atoms with Crippen LogP contribution >= 0.6 is 0 Å². The summed E-state index contributed by atoms with van der Waals surface area (Å²) in [5.74, 6) is 0.750. The Bertz CT molecular complexity index is 279. The van der Waals surface area contributed by atoms with Crippen molar-refractivity contribution in [3.8, 4) is 0 Å². The number of rotatable bonds is 6. The highest BCUT2D eigenvalue weighted by molar-refractivity contribution is 4.92. The predicted octanol–water partition coefficient (Wildman–Crippen LogP) is 4.14. The maximum absolute atomic E-state index is 6.24. The Balaban J connectivity index is 1.85. The number of ether oxygens (including phenoxy) is 1. The molecule has 0 aromatic heterocycles. The first kappa shape index (κ1) is 15.3. The Labute approximate surface area is 119 Å². The van der Waals surface area contributed by atoms with Crippen molar-refractivity contribution in [2.45, 2.75) is 84.3 Å². The molecule has 112 valence electrons. The summed E-state index contributed by atoms with van der Waals surface area (Å²) in [7, 11) is 0. The van der Waals surface area contributed by atoms with Crippen LogP contribution in [0.1, 0.15) is 72.6 Å². The SMILES string of the molecule is CC(C)CNCC1(CC2CCC(C)(C)O2)CCCC1. The van der Waals surface area contributed by atoms with Gasteiger partial charge < -0.3 is 10.1 Å². The van der Waals surface area contributed by atoms with Gasteiger partial charge >= 0.3 is 0 Å². The van der Waals surface area contributed by atoms with Crippen molar-refractivity contribution in [3.05, 3.63) is 0 Å². The Hall–Kier alpha value is -0.0800. The zero-order chi connectivity index (χ0) is 13.9. The van der Waals surface area contributed by atoms with Crippen molar-refractivity contribution in [1.29, 1.82) is 0 Å². The van der Waals surface area contributed by atoms with Gasteiger partial charge in [0, 0.05) is 6.54 Å². The van der Waals surface area contributed by atoms with Gasteiger partial charge in [-0.3, -0.25) is 0 Å². The lowest BCUT2D eigenvalue weighted by Gasteiger charge is -2.33. The number of nitrogens with one attached hydrogen (secondary N) is 1. The molecular weight excluding hydrogens is 234 g/mol. The van der Waals surface area contributed by atoms with E-state index in [-0.39, 0.29) is 5.60 Å². The lowest BCUT2D eigenvalue weighted by atomic mass is 9.80. The molecule has 2 heteroatoms. The molecule has 1 saturated carbocycles. The molecule has 2 aliphatic rings. The second-order valence-electron chi connectivity index (χ2n) is 7.97. The van der Waals surface area contributed by atoms with Crippen molar-refractivity contribution in [2.24, 2.45) is 11.3 Å². The molecule has 0 bridgehead atoms. The standard InChI is InChI=1S/C17H33NO/c1-14(2)12-18-13-17(8-5-6-9-17)11-15-7-10-16(3,4)19-15/h14-15,18H,5-13H2,1-4H3. The van der Waals surface area contributed by atoms with Gasteiger partial charge in [-0.05, 0) is 63.8 Å². The van der Waals surface area contributed by atoms with Crippen molar-refractivity contribution in [1.82, 2.24) is 5.32 Å². The molecule has 0 aromatic rings. The van der Waals surface area contributed by atoms with E-state index >= 15 is 0 Å². The van der Waals surface area contributed by atoms with Crippen LogP contribution < -0.4 is 5.32 Å². The van der Waals surface area contributed by atoms with Crippen LogP contribution in [0.4, 0.5) is 0 Å². The van der Waals surface area contributed by atoms with E-state index in [1.54, 1.807) is 0 Å². The maximum Gasteiger partial charge on any atom is 0.0631 e. The van der Waals surface area contributed by atoms with E-state index in [4.69, 9.17) is 4.74 Å². The minimum absolute atomic E-state index is 0.121. The van der Waals surface area contributed by atoms with E-state index in [1.807, 2.05) is 0 Å². The molecule has 1 saturated heterocycles. The molecule has 0 spiro atoms. The largest absolute Gasteiger partial charge is 0.372 e. The lowest BCUT2D eigenvalue weighted by Crippen LogP contribution is -2.37. The van der Waals surface area contributed by atoms with Crippen LogP contribution in [0.5, 0.6) is 0 Å². The molecule has 1 aliphatic heterocycles. The van der Waals surface area contributed by atoms with Gasteiger partial charge in [-0.25, -0.2) is 0 Å². The third-order valence-electron chi connectivity index (χ3n) is 4.93. The summed E-state index contributed by atoms with van der Waals surface area (Å²) in [5, 5.41) is 3.71. The molecule has 1 atom stereocenters. The van der Waals surface area contributed by atoms with Crippen LogP contribution in [-0.2, 0) is 4.74 Å². The Morgan fingerprint density at radius 1 is 1.16 bits per heavy atom. The zero-order valence-electron chi connectivity index (χ0n) is 13.4. The smallest absolute Gasteiger partial charge is 0.0631 e. The highest BCUT2D eigenvalue weighted by Crippen LogP contribution is 2.45. The topological polar surface area (TPSA) is 21.3 Å². The molecule has 1 aliphatic carbocycles. The Kier molecular flexibility index (Phi) is 4.94. The lowest BCUT2D eigenvalue weighted by molar-refractivity contribution is -0.0351. The van der Waals surface area contributed by atoms with Gasteiger partial charge in [0.05, 0.1) is 11.7 Å². The van der Waals surface area contributed by atoms with Crippen LogP contribution in [0, 0.1) is 11.3 Å². The normalized spacial score (nSPS) is 29.2. The summed E-state index contributed by atoms with van der Waals surface area (Å²) in [6.07, 6.45) is 9.91. The Morgan fingerprint density at radius 3 is 2.37 bits per heavy atom. The van der Waals surface area contributed by atoms with Gasteiger partial charge in [-0.1, -0.05) is 26.7 Å². The molecule has 2 rings (SSSR count). The van der Waals surface area contributed by atoms with Crippen LogP contribution in [0.3, 0.4) is 0 Å². The van der Waals surface area contributed by atoms with E-state index in [0.717, 1.165) is 12.5 Å². The molecule has 19 heavy (non-hydrogen) atoms. The summed E-state index contributed by atoms with van der Waals surface area (Å²) >= 11 is 0. The zero-order valence-corrected chi connectivity index (χ0v) is 13.4. The molecule has 0 aromatic carbocycles. The van der Waals surface area contributed by atoms with Crippen molar-refractivity contribution >= 4 is 0 Å². The second-order valence-corrected chi connectivity index (χ2v) is 7.97. The molecular formula is C17H33NO. The van der Waals surface area contributed by atoms with E-state index in [1.165, 1.54) is 51.5 Å². The van der Waals surface area contributed by atoms with Crippen LogP contribution in [0.15, 0.2) is 0 Å². The molecule has 1 unspecified atom stereocenters. The van der Waals surface area contributed by atoms with Gasteiger partial charge in [0.1, 0.15) is 0 Å². The molecule has 1 N–H and O–H groups in total. The summed E-state index contributed by atoms with van der Waals surface area (Å²) in [4.78, 5) is 0. The van der Waals surface area contributed by atoms with Crippen molar-refractivity contribution in [3.63, 3.8) is 0 Å². The average molecular weight is 267 g/mol. The third kappa shape index (κ3) is 4.46. The fourth-order valence-electron chi connectivity index (χ4n) is 3.91. The van der Waals surface area contributed by atoms with E-state index in [2.05, 4.69) is 33.0 Å². The fourth-order valence-corrected chi connectivity index (χ4v) is 3.91. The quantitative estimate of drug-likeness (QED) is 0.781. The number of hydrogen-bond donors (Lipinski definition) is 1. The van der Waals surface area contributed by atoms with E-state index in [9.17, 15) is 0 Å². The molecule has 1 heterocycles. The van der Waals surface area contributed by atoms with Crippen LogP contribution in [0.2, 0.25) is 0 Å².